The number of ether oxygens (including phenoxy) is 1. The van der Waals surface area contributed by atoms with Crippen molar-refractivity contribution in [1.82, 2.24) is 4.98 Å². The standard InChI is InChI=1S/C11H11NO2/c1-8-5-6-9-3-2-4-10(14-7-13)11(9)12-8/h2-6,13H,7H2,1H3. The molecule has 3 heteroatoms. The Morgan fingerprint density at radius 1 is 1.29 bits per heavy atom. The van der Waals surface area contributed by atoms with Crippen LogP contribution in [0.5, 0.6) is 5.75 Å². The fraction of sp³-hybridized carbons (Fsp3) is 0.182. The molecule has 0 atom stereocenters. The van der Waals surface area contributed by atoms with Crippen LogP contribution < -0.4 is 4.74 Å². The second kappa shape index (κ2) is 3.64. The van der Waals surface area contributed by atoms with Crippen molar-refractivity contribution in [2.24, 2.45) is 0 Å². The van der Waals surface area contributed by atoms with Crippen molar-refractivity contribution < 1.29 is 9.84 Å². The maximum atomic E-state index is 8.70. The second-order valence-electron chi connectivity index (χ2n) is 3.05. The minimum absolute atomic E-state index is 0.325. The summed E-state index contributed by atoms with van der Waals surface area (Å²) in [6, 6.07) is 9.58. The molecule has 1 aromatic heterocycles. The lowest BCUT2D eigenvalue weighted by Gasteiger charge is -2.05. The van der Waals surface area contributed by atoms with E-state index in [-0.39, 0.29) is 6.79 Å². The smallest absolute Gasteiger partial charge is 0.186 e. The lowest BCUT2D eigenvalue weighted by Crippen LogP contribution is -1.96. The number of fused-ring (bicyclic) bond motifs is 1. The van der Waals surface area contributed by atoms with E-state index in [0.29, 0.717) is 5.75 Å². The number of para-hydroxylation sites is 1. The molecule has 0 amide bonds. The number of aliphatic hydroxyl groups excluding tert-OH is 1. The summed E-state index contributed by atoms with van der Waals surface area (Å²) in [5.74, 6) is 0.619. The van der Waals surface area contributed by atoms with Gasteiger partial charge in [-0.2, -0.15) is 0 Å². The van der Waals surface area contributed by atoms with Gasteiger partial charge in [0.1, 0.15) is 11.3 Å². The van der Waals surface area contributed by atoms with E-state index in [1.807, 2.05) is 31.2 Å². The van der Waals surface area contributed by atoms with E-state index in [4.69, 9.17) is 9.84 Å². The Labute approximate surface area is 82.0 Å². The van der Waals surface area contributed by atoms with Crippen LogP contribution in [0.3, 0.4) is 0 Å². The van der Waals surface area contributed by atoms with Crippen LogP contribution in [-0.2, 0) is 0 Å². The van der Waals surface area contributed by atoms with Crippen LogP contribution in [0.1, 0.15) is 5.69 Å². The molecule has 14 heavy (non-hydrogen) atoms. The Bertz CT molecular complexity index is 454. The summed E-state index contributed by atoms with van der Waals surface area (Å²) in [6.45, 7) is 1.60. The summed E-state index contributed by atoms with van der Waals surface area (Å²) in [7, 11) is 0. The Morgan fingerprint density at radius 2 is 2.14 bits per heavy atom. The summed E-state index contributed by atoms with van der Waals surface area (Å²) in [4.78, 5) is 4.36. The fourth-order valence-corrected chi connectivity index (χ4v) is 1.40. The lowest BCUT2D eigenvalue weighted by molar-refractivity contribution is 0.0998. The third-order valence-corrected chi connectivity index (χ3v) is 2.04. The third-order valence-electron chi connectivity index (χ3n) is 2.04. The van der Waals surface area contributed by atoms with E-state index < -0.39 is 0 Å². The Balaban J connectivity index is 2.64. The second-order valence-corrected chi connectivity index (χ2v) is 3.05. The molecule has 0 radical (unpaired) electrons. The van der Waals surface area contributed by atoms with E-state index in [2.05, 4.69) is 4.98 Å². The first-order chi connectivity index (χ1) is 6.81. The van der Waals surface area contributed by atoms with Crippen LogP contribution in [0, 0.1) is 6.92 Å². The van der Waals surface area contributed by atoms with Crippen molar-refractivity contribution in [2.75, 3.05) is 6.79 Å². The molecule has 0 aliphatic heterocycles. The van der Waals surface area contributed by atoms with Crippen LogP contribution in [0.15, 0.2) is 30.3 Å². The van der Waals surface area contributed by atoms with Crippen molar-refractivity contribution in [1.29, 1.82) is 0 Å². The predicted molar refractivity (Wildman–Crippen MR) is 54.2 cm³/mol. The molecule has 2 aromatic rings. The molecule has 0 spiro atoms. The first kappa shape index (κ1) is 8.97. The zero-order valence-electron chi connectivity index (χ0n) is 7.90. The Kier molecular flexibility index (Phi) is 2.33. The minimum atomic E-state index is -0.325. The van der Waals surface area contributed by atoms with Crippen molar-refractivity contribution in [3.05, 3.63) is 36.0 Å². The molecule has 0 aliphatic carbocycles. The van der Waals surface area contributed by atoms with Crippen molar-refractivity contribution in [2.45, 2.75) is 6.92 Å². The van der Waals surface area contributed by atoms with Gasteiger partial charge in [0.2, 0.25) is 0 Å². The van der Waals surface area contributed by atoms with Crippen LogP contribution in [0.2, 0.25) is 0 Å². The van der Waals surface area contributed by atoms with E-state index in [9.17, 15) is 0 Å². The Morgan fingerprint density at radius 3 is 2.93 bits per heavy atom. The molecule has 0 unspecified atom stereocenters. The molecular weight excluding hydrogens is 178 g/mol. The summed E-state index contributed by atoms with van der Waals surface area (Å²) in [6.07, 6.45) is 0. The van der Waals surface area contributed by atoms with Gasteiger partial charge >= 0.3 is 0 Å². The number of rotatable bonds is 2. The number of aryl methyl sites for hydroxylation is 1. The number of hydrogen-bond donors (Lipinski definition) is 1. The molecule has 0 aliphatic rings. The van der Waals surface area contributed by atoms with Gasteiger partial charge in [0.05, 0.1) is 0 Å². The normalized spacial score (nSPS) is 10.4. The molecule has 72 valence electrons. The number of benzene rings is 1. The SMILES string of the molecule is Cc1ccc2cccc(OCO)c2n1. The molecule has 1 aromatic carbocycles. The first-order valence-corrected chi connectivity index (χ1v) is 4.41. The lowest BCUT2D eigenvalue weighted by atomic mass is 10.2. The van der Waals surface area contributed by atoms with Gasteiger partial charge in [-0.1, -0.05) is 18.2 Å². The van der Waals surface area contributed by atoms with Crippen LogP contribution in [-0.4, -0.2) is 16.9 Å². The molecule has 1 heterocycles. The van der Waals surface area contributed by atoms with Crippen molar-refractivity contribution in [3.8, 4) is 5.75 Å². The number of pyridine rings is 1. The molecule has 0 fully saturated rings. The maximum Gasteiger partial charge on any atom is 0.186 e. The van der Waals surface area contributed by atoms with Crippen LogP contribution in [0.4, 0.5) is 0 Å². The van der Waals surface area contributed by atoms with E-state index in [1.54, 1.807) is 6.07 Å². The van der Waals surface area contributed by atoms with Crippen LogP contribution in [0.25, 0.3) is 10.9 Å². The quantitative estimate of drug-likeness (QED) is 0.733. The average molecular weight is 189 g/mol. The van der Waals surface area contributed by atoms with Gasteiger partial charge < -0.3 is 9.84 Å². The highest BCUT2D eigenvalue weighted by atomic mass is 16.6. The monoisotopic (exact) mass is 189 g/mol. The molecule has 2 rings (SSSR count). The Hall–Kier alpha value is -1.61. The van der Waals surface area contributed by atoms with Gasteiger partial charge in [-0.05, 0) is 19.1 Å². The molecular formula is C11H11NO2. The van der Waals surface area contributed by atoms with Gasteiger partial charge in [-0.15, -0.1) is 0 Å². The predicted octanol–water partition coefficient (Wildman–Crippen LogP) is 1.87. The van der Waals surface area contributed by atoms with E-state index in [1.165, 1.54) is 0 Å². The summed E-state index contributed by atoms with van der Waals surface area (Å²) in [5, 5.41) is 9.71. The highest BCUT2D eigenvalue weighted by Gasteiger charge is 2.02. The molecule has 3 nitrogen and oxygen atoms in total. The summed E-state index contributed by atoms with van der Waals surface area (Å²) in [5.41, 5.74) is 1.73. The minimum Gasteiger partial charge on any atom is -0.465 e. The third kappa shape index (κ3) is 1.54. The largest absolute Gasteiger partial charge is 0.465 e. The van der Waals surface area contributed by atoms with Crippen molar-refractivity contribution in [3.63, 3.8) is 0 Å². The van der Waals surface area contributed by atoms with Gasteiger partial charge in [0.25, 0.3) is 0 Å². The molecule has 1 N–H and O–H groups in total. The highest BCUT2D eigenvalue weighted by molar-refractivity contribution is 5.84. The zero-order chi connectivity index (χ0) is 9.97. The van der Waals surface area contributed by atoms with Crippen molar-refractivity contribution >= 4 is 10.9 Å². The zero-order valence-corrected chi connectivity index (χ0v) is 7.90. The number of hydrogen-bond acceptors (Lipinski definition) is 3. The number of aliphatic hydroxyl groups is 1. The highest BCUT2D eigenvalue weighted by Crippen LogP contribution is 2.23. The van der Waals surface area contributed by atoms with Crippen LogP contribution >= 0.6 is 0 Å². The van der Waals surface area contributed by atoms with E-state index >= 15 is 0 Å². The number of nitrogens with zero attached hydrogens (tertiary/aromatic N) is 1. The molecule has 0 bridgehead atoms. The fourth-order valence-electron chi connectivity index (χ4n) is 1.40. The van der Waals surface area contributed by atoms with Gasteiger partial charge in [0.15, 0.2) is 6.79 Å². The first-order valence-electron chi connectivity index (χ1n) is 4.41. The van der Waals surface area contributed by atoms with Gasteiger partial charge in [-0.25, -0.2) is 4.98 Å². The summed E-state index contributed by atoms with van der Waals surface area (Å²) < 4.78 is 5.07. The van der Waals surface area contributed by atoms with Gasteiger partial charge in [-0.3, -0.25) is 0 Å². The number of aromatic nitrogens is 1. The van der Waals surface area contributed by atoms with E-state index in [0.717, 1.165) is 16.6 Å². The molecule has 0 saturated carbocycles. The maximum absolute atomic E-state index is 8.70. The average Bonchev–Trinajstić information content (AvgIpc) is 2.19. The topological polar surface area (TPSA) is 42.4 Å². The summed E-state index contributed by atoms with van der Waals surface area (Å²) >= 11 is 0. The van der Waals surface area contributed by atoms with Gasteiger partial charge in [0, 0.05) is 11.1 Å². The molecule has 0 saturated heterocycles.